The van der Waals surface area contributed by atoms with Gasteiger partial charge in [-0.05, 0) is 22.2 Å². The van der Waals surface area contributed by atoms with Crippen LogP contribution < -0.4 is 9.47 Å². The first-order valence-electron chi connectivity index (χ1n) is 8.04. The minimum atomic E-state index is 0.273. The number of halogens is 1. The Morgan fingerprint density at radius 3 is 2.73 bits per heavy atom. The van der Waals surface area contributed by atoms with Crippen molar-refractivity contribution >= 4 is 27.7 Å². The molecule has 1 aliphatic heterocycles. The molecule has 0 unspecified atom stereocenters. The Morgan fingerprint density at radius 2 is 1.92 bits per heavy atom. The summed E-state index contributed by atoms with van der Waals surface area (Å²) in [6.07, 6.45) is 0. The molecule has 0 radical (unpaired) electrons. The van der Waals surface area contributed by atoms with Crippen LogP contribution in [0.25, 0.3) is 11.4 Å². The Morgan fingerprint density at radius 1 is 1.12 bits per heavy atom. The summed E-state index contributed by atoms with van der Waals surface area (Å²) in [5.41, 5.74) is 2.14. The predicted molar refractivity (Wildman–Crippen MR) is 106 cm³/mol. The second-order valence-electron chi connectivity index (χ2n) is 5.75. The van der Waals surface area contributed by atoms with Gasteiger partial charge in [0.1, 0.15) is 0 Å². The molecule has 0 amide bonds. The third-order valence-corrected chi connectivity index (χ3v) is 5.59. The lowest BCUT2D eigenvalue weighted by molar-refractivity contribution is 0.174. The van der Waals surface area contributed by atoms with E-state index in [0.29, 0.717) is 6.54 Å². The van der Waals surface area contributed by atoms with Crippen molar-refractivity contribution in [3.8, 4) is 22.9 Å². The van der Waals surface area contributed by atoms with E-state index in [4.69, 9.17) is 9.47 Å². The summed E-state index contributed by atoms with van der Waals surface area (Å²) in [6.45, 7) is 4.81. The number of hydrogen-bond donors (Lipinski definition) is 0. The Kier molecular flexibility index (Phi) is 4.99. The summed E-state index contributed by atoms with van der Waals surface area (Å²) in [5.74, 6) is 3.13. The highest BCUT2D eigenvalue weighted by Crippen LogP contribution is 2.34. The molecule has 0 atom stereocenters. The normalized spacial score (nSPS) is 12.3. The maximum atomic E-state index is 5.50. The van der Waals surface area contributed by atoms with Crippen molar-refractivity contribution in [2.75, 3.05) is 12.5 Å². The number of thioether (sulfide) groups is 1. The van der Waals surface area contributed by atoms with Crippen molar-refractivity contribution in [1.29, 1.82) is 0 Å². The molecule has 2 aromatic carbocycles. The van der Waals surface area contributed by atoms with Crippen molar-refractivity contribution in [3.05, 3.63) is 65.2 Å². The van der Waals surface area contributed by atoms with Crippen LogP contribution in [0, 0.1) is 0 Å². The van der Waals surface area contributed by atoms with Gasteiger partial charge in [-0.15, -0.1) is 10.2 Å². The molecule has 0 saturated carbocycles. The number of rotatable bonds is 6. The van der Waals surface area contributed by atoms with Crippen LogP contribution in [0.15, 0.2) is 64.7 Å². The van der Waals surface area contributed by atoms with Crippen LogP contribution in [-0.4, -0.2) is 27.3 Å². The molecule has 3 aromatic rings. The number of nitrogens with zero attached hydrogens (tertiary/aromatic N) is 3. The Balaban J connectivity index is 1.69. The summed E-state index contributed by atoms with van der Waals surface area (Å²) in [5, 5.41) is 9.66. The average Bonchev–Trinajstić information content (AvgIpc) is 3.27. The zero-order chi connectivity index (χ0) is 17.9. The van der Waals surface area contributed by atoms with Crippen molar-refractivity contribution in [3.63, 3.8) is 0 Å². The molecule has 1 aliphatic rings. The monoisotopic (exact) mass is 429 g/mol. The summed E-state index contributed by atoms with van der Waals surface area (Å²) >= 11 is 5.01. The van der Waals surface area contributed by atoms with Gasteiger partial charge in [0.25, 0.3) is 0 Å². The maximum Gasteiger partial charge on any atom is 0.231 e. The van der Waals surface area contributed by atoms with Crippen molar-refractivity contribution in [2.45, 2.75) is 11.7 Å². The molecule has 0 spiro atoms. The molecule has 0 fully saturated rings. The lowest BCUT2D eigenvalue weighted by atomic mass is 10.2. The molecule has 5 nitrogen and oxygen atoms in total. The second-order valence-corrected chi connectivity index (χ2v) is 7.82. The van der Waals surface area contributed by atoms with E-state index in [1.54, 1.807) is 11.8 Å². The van der Waals surface area contributed by atoms with Crippen LogP contribution in [0.4, 0.5) is 0 Å². The summed E-state index contributed by atoms with van der Waals surface area (Å²) in [7, 11) is 0. The minimum Gasteiger partial charge on any atom is -0.454 e. The van der Waals surface area contributed by atoms with Gasteiger partial charge in [0.05, 0.1) is 6.54 Å². The minimum absolute atomic E-state index is 0.273. The standard InChI is InChI=1S/C19H16BrN3O2S/c1-13(20)11-26-19-22-21-18(15-5-3-2-4-6-15)23(19)10-14-7-8-16-17(9-14)25-12-24-16/h2-9H,1,10-12H2. The molecule has 1 aromatic heterocycles. The van der Waals surface area contributed by atoms with Gasteiger partial charge in [-0.25, -0.2) is 0 Å². The third-order valence-electron chi connectivity index (χ3n) is 3.88. The van der Waals surface area contributed by atoms with Gasteiger partial charge in [-0.3, -0.25) is 4.57 Å². The average molecular weight is 430 g/mol. The highest BCUT2D eigenvalue weighted by Gasteiger charge is 2.17. The molecule has 4 rings (SSSR count). The van der Waals surface area contributed by atoms with Gasteiger partial charge in [-0.2, -0.15) is 0 Å². The Labute approximate surface area is 164 Å². The second kappa shape index (κ2) is 7.55. The van der Waals surface area contributed by atoms with Gasteiger partial charge in [0.2, 0.25) is 6.79 Å². The van der Waals surface area contributed by atoms with E-state index in [-0.39, 0.29) is 6.79 Å². The van der Waals surface area contributed by atoms with Crippen LogP contribution in [0.2, 0.25) is 0 Å². The van der Waals surface area contributed by atoms with Gasteiger partial charge in [0, 0.05) is 11.3 Å². The van der Waals surface area contributed by atoms with Gasteiger partial charge >= 0.3 is 0 Å². The first kappa shape index (κ1) is 17.2. The molecule has 0 saturated heterocycles. The van der Waals surface area contributed by atoms with Gasteiger partial charge < -0.3 is 9.47 Å². The van der Waals surface area contributed by atoms with E-state index in [0.717, 1.165) is 43.8 Å². The largest absolute Gasteiger partial charge is 0.454 e. The first-order valence-corrected chi connectivity index (χ1v) is 9.82. The van der Waals surface area contributed by atoms with Crippen molar-refractivity contribution in [2.24, 2.45) is 0 Å². The lowest BCUT2D eigenvalue weighted by Gasteiger charge is -2.11. The van der Waals surface area contributed by atoms with Crippen molar-refractivity contribution < 1.29 is 9.47 Å². The van der Waals surface area contributed by atoms with Crippen LogP contribution in [0.3, 0.4) is 0 Å². The number of hydrogen-bond acceptors (Lipinski definition) is 5. The van der Waals surface area contributed by atoms with Crippen LogP contribution >= 0.6 is 27.7 Å². The fourth-order valence-electron chi connectivity index (χ4n) is 2.70. The lowest BCUT2D eigenvalue weighted by Crippen LogP contribution is -2.04. The van der Waals surface area contributed by atoms with Crippen molar-refractivity contribution in [1.82, 2.24) is 14.8 Å². The first-order chi connectivity index (χ1) is 12.7. The molecule has 2 heterocycles. The number of aromatic nitrogens is 3. The number of fused-ring (bicyclic) bond motifs is 1. The molecule has 132 valence electrons. The molecular formula is C19H16BrN3O2S. The molecule has 26 heavy (non-hydrogen) atoms. The van der Waals surface area contributed by atoms with Crippen LogP contribution in [0.5, 0.6) is 11.5 Å². The zero-order valence-corrected chi connectivity index (χ0v) is 16.3. The zero-order valence-electron chi connectivity index (χ0n) is 13.9. The summed E-state index contributed by atoms with van der Waals surface area (Å²) in [4.78, 5) is 0. The van der Waals surface area contributed by atoms with E-state index >= 15 is 0 Å². The Hall–Kier alpha value is -2.25. The fraction of sp³-hybridized carbons (Fsp3) is 0.158. The summed E-state index contributed by atoms with van der Waals surface area (Å²) < 4.78 is 13.9. The molecule has 7 heteroatoms. The highest BCUT2D eigenvalue weighted by atomic mass is 79.9. The van der Waals surface area contributed by atoms with Gasteiger partial charge in [0.15, 0.2) is 22.5 Å². The quantitative estimate of drug-likeness (QED) is 0.530. The number of benzene rings is 2. The molecular weight excluding hydrogens is 414 g/mol. The molecule has 0 bridgehead atoms. The highest BCUT2D eigenvalue weighted by molar-refractivity contribution is 9.11. The molecule has 0 N–H and O–H groups in total. The number of ether oxygens (including phenoxy) is 2. The molecule has 0 aliphatic carbocycles. The maximum absolute atomic E-state index is 5.50. The van der Waals surface area contributed by atoms with Crippen LogP contribution in [0.1, 0.15) is 5.56 Å². The van der Waals surface area contributed by atoms with Crippen LogP contribution in [-0.2, 0) is 6.54 Å². The van der Waals surface area contributed by atoms with E-state index < -0.39 is 0 Å². The third kappa shape index (κ3) is 3.64. The van der Waals surface area contributed by atoms with E-state index in [1.165, 1.54) is 0 Å². The van der Waals surface area contributed by atoms with E-state index in [9.17, 15) is 0 Å². The Bertz CT molecular complexity index is 943. The topological polar surface area (TPSA) is 49.2 Å². The summed E-state index contributed by atoms with van der Waals surface area (Å²) in [6, 6.07) is 16.1. The van der Waals surface area contributed by atoms with E-state index in [2.05, 4.69) is 37.3 Å². The predicted octanol–water partition coefficient (Wildman–Crippen LogP) is 4.72. The van der Waals surface area contributed by atoms with Gasteiger partial charge in [-0.1, -0.05) is 70.7 Å². The smallest absolute Gasteiger partial charge is 0.231 e. The SMILES string of the molecule is C=C(Br)CSc1nnc(-c2ccccc2)n1Cc1ccc2c(c1)OCO2. The van der Waals surface area contributed by atoms with E-state index in [1.807, 2.05) is 48.5 Å². The fourth-order valence-corrected chi connectivity index (χ4v) is 3.74.